The molecule has 0 saturated heterocycles. The lowest BCUT2D eigenvalue weighted by Gasteiger charge is -2.29. The highest BCUT2D eigenvalue weighted by atomic mass is 16.5. The SMILES string of the molecule is COc1ccc2c(c1)CCCC2N[C@H](C)c1ccncc1. The fourth-order valence-electron chi connectivity index (χ4n) is 3.14. The van der Waals surface area contributed by atoms with E-state index in [4.69, 9.17) is 4.74 Å². The summed E-state index contributed by atoms with van der Waals surface area (Å²) in [5.41, 5.74) is 4.12. The van der Waals surface area contributed by atoms with Crippen LogP contribution in [0.4, 0.5) is 0 Å². The maximum Gasteiger partial charge on any atom is 0.119 e. The number of methoxy groups -OCH3 is 1. The molecule has 110 valence electrons. The second kappa shape index (κ2) is 6.27. The topological polar surface area (TPSA) is 34.1 Å². The van der Waals surface area contributed by atoms with Crippen LogP contribution < -0.4 is 10.1 Å². The predicted molar refractivity (Wildman–Crippen MR) is 84.5 cm³/mol. The number of ether oxygens (including phenoxy) is 1. The van der Waals surface area contributed by atoms with Crippen molar-refractivity contribution in [2.45, 2.75) is 38.3 Å². The van der Waals surface area contributed by atoms with Gasteiger partial charge in [-0.2, -0.15) is 0 Å². The van der Waals surface area contributed by atoms with Gasteiger partial charge in [-0.1, -0.05) is 6.07 Å². The normalized spacial score (nSPS) is 18.9. The minimum absolute atomic E-state index is 0.325. The smallest absolute Gasteiger partial charge is 0.119 e. The molecular formula is C18H22N2O. The summed E-state index contributed by atoms with van der Waals surface area (Å²) in [7, 11) is 1.73. The van der Waals surface area contributed by atoms with E-state index in [0.717, 1.165) is 12.2 Å². The highest BCUT2D eigenvalue weighted by Crippen LogP contribution is 2.33. The van der Waals surface area contributed by atoms with Crippen molar-refractivity contribution in [2.24, 2.45) is 0 Å². The van der Waals surface area contributed by atoms with Crippen molar-refractivity contribution in [1.29, 1.82) is 0 Å². The highest BCUT2D eigenvalue weighted by Gasteiger charge is 2.22. The van der Waals surface area contributed by atoms with E-state index in [0.29, 0.717) is 12.1 Å². The molecule has 1 aliphatic rings. The van der Waals surface area contributed by atoms with Crippen LogP contribution in [0.1, 0.15) is 48.5 Å². The molecule has 0 saturated carbocycles. The Morgan fingerprint density at radius 1 is 1.24 bits per heavy atom. The lowest BCUT2D eigenvalue weighted by atomic mass is 9.87. The third kappa shape index (κ3) is 3.08. The zero-order chi connectivity index (χ0) is 14.7. The molecule has 1 unspecified atom stereocenters. The predicted octanol–water partition coefficient (Wildman–Crippen LogP) is 3.82. The second-order valence-electron chi connectivity index (χ2n) is 5.68. The monoisotopic (exact) mass is 282 g/mol. The van der Waals surface area contributed by atoms with Gasteiger partial charge in [0.1, 0.15) is 5.75 Å². The van der Waals surface area contributed by atoms with Crippen LogP contribution in [0.5, 0.6) is 5.75 Å². The lowest BCUT2D eigenvalue weighted by molar-refractivity contribution is 0.402. The zero-order valence-electron chi connectivity index (χ0n) is 12.7. The Morgan fingerprint density at radius 2 is 2.05 bits per heavy atom. The summed E-state index contributed by atoms with van der Waals surface area (Å²) in [6, 6.07) is 11.4. The van der Waals surface area contributed by atoms with Crippen LogP contribution in [-0.4, -0.2) is 12.1 Å². The van der Waals surface area contributed by atoms with Crippen molar-refractivity contribution >= 4 is 0 Å². The molecule has 0 bridgehead atoms. The third-order valence-electron chi connectivity index (χ3n) is 4.32. The van der Waals surface area contributed by atoms with Crippen LogP contribution in [0.3, 0.4) is 0 Å². The summed E-state index contributed by atoms with van der Waals surface area (Å²) < 4.78 is 5.34. The molecule has 0 amide bonds. The van der Waals surface area contributed by atoms with Crippen LogP contribution in [-0.2, 0) is 6.42 Å². The Morgan fingerprint density at radius 3 is 2.81 bits per heavy atom. The number of benzene rings is 1. The summed E-state index contributed by atoms with van der Waals surface area (Å²) in [5.74, 6) is 0.955. The van der Waals surface area contributed by atoms with Crippen molar-refractivity contribution < 1.29 is 4.74 Å². The van der Waals surface area contributed by atoms with Crippen LogP contribution in [0.2, 0.25) is 0 Å². The number of hydrogen-bond donors (Lipinski definition) is 1. The molecule has 3 rings (SSSR count). The van der Waals surface area contributed by atoms with Gasteiger partial charge in [0.05, 0.1) is 7.11 Å². The Balaban J connectivity index is 1.79. The third-order valence-corrected chi connectivity index (χ3v) is 4.32. The van der Waals surface area contributed by atoms with Gasteiger partial charge in [0, 0.05) is 24.5 Å². The van der Waals surface area contributed by atoms with Crippen molar-refractivity contribution in [2.75, 3.05) is 7.11 Å². The average molecular weight is 282 g/mol. The maximum absolute atomic E-state index is 5.34. The molecule has 0 spiro atoms. The second-order valence-corrected chi connectivity index (χ2v) is 5.68. The number of fused-ring (bicyclic) bond motifs is 1. The molecule has 1 heterocycles. The first-order valence-corrected chi connectivity index (χ1v) is 7.60. The van der Waals surface area contributed by atoms with E-state index in [2.05, 4.69) is 47.6 Å². The van der Waals surface area contributed by atoms with Gasteiger partial charge in [0.25, 0.3) is 0 Å². The number of pyridine rings is 1. The van der Waals surface area contributed by atoms with E-state index in [1.165, 1.54) is 29.5 Å². The van der Waals surface area contributed by atoms with E-state index in [9.17, 15) is 0 Å². The van der Waals surface area contributed by atoms with E-state index in [-0.39, 0.29) is 0 Å². The molecule has 1 aromatic heterocycles. The minimum Gasteiger partial charge on any atom is -0.497 e. The molecule has 0 fully saturated rings. The maximum atomic E-state index is 5.34. The molecule has 0 aliphatic heterocycles. The zero-order valence-corrected chi connectivity index (χ0v) is 12.7. The Kier molecular flexibility index (Phi) is 4.20. The number of aryl methyl sites for hydroxylation is 1. The van der Waals surface area contributed by atoms with Crippen LogP contribution in [0.15, 0.2) is 42.7 Å². The van der Waals surface area contributed by atoms with Gasteiger partial charge in [-0.05, 0) is 67.1 Å². The van der Waals surface area contributed by atoms with Gasteiger partial charge >= 0.3 is 0 Å². The number of hydrogen-bond acceptors (Lipinski definition) is 3. The summed E-state index contributed by atoms with van der Waals surface area (Å²) in [6.07, 6.45) is 7.27. The van der Waals surface area contributed by atoms with Gasteiger partial charge in [0.15, 0.2) is 0 Å². The van der Waals surface area contributed by atoms with Crippen molar-refractivity contribution in [3.8, 4) is 5.75 Å². The van der Waals surface area contributed by atoms with Crippen molar-refractivity contribution in [3.05, 3.63) is 59.4 Å². The molecule has 3 heteroatoms. The standard InChI is InChI=1S/C18H22N2O/c1-13(14-8-10-19-11-9-14)20-18-5-3-4-15-12-16(21-2)6-7-17(15)18/h6-13,18,20H,3-5H2,1-2H3/t13-,18?/m1/s1. The first-order valence-electron chi connectivity index (χ1n) is 7.60. The van der Waals surface area contributed by atoms with Crippen LogP contribution in [0, 0.1) is 0 Å². The van der Waals surface area contributed by atoms with E-state index < -0.39 is 0 Å². The van der Waals surface area contributed by atoms with E-state index in [1.54, 1.807) is 7.11 Å². The molecule has 2 atom stereocenters. The first-order chi connectivity index (χ1) is 10.3. The van der Waals surface area contributed by atoms with Crippen LogP contribution >= 0.6 is 0 Å². The first kappa shape index (κ1) is 14.1. The Labute approximate surface area is 126 Å². The summed E-state index contributed by atoms with van der Waals surface area (Å²) >= 11 is 0. The highest BCUT2D eigenvalue weighted by molar-refractivity contribution is 5.39. The average Bonchev–Trinajstić information content (AvgIpc) is 2.55. The molecule has 0 radical (unpaired) electrons. The summed E-state index contributed by atoms with van der Waals surface area (Å²) in [6.45, 7) is 2.22. The van der Waals surface area contributed by atoms with Crippen LogP contribution in [0.25, 0.3) is 0 Å². The van der Waals surface area contributed by atoms with E-state index in [1.807, 2.05) is 12.4 Å². The fraction of sp³-hybridized carbons (Fsp3) is 0.389. The van der Waals surface area contributed by atoms with Gasteiger partial charge in [0.2, 0.25) is 0 Å². The van der Waals surface area contributed by atoms with Gasteiger partial charge in [-0.3, -0.25) is 4.98 Å². The minimum atomic E-state index is 0.325. The summed E-state index contributed by atoms with van der Waals surface area (Å²) in [5, 5.41) is 3.76. The Bertz CT molecular complexity index is 597. The van der Waals surface area contributed by atoms with Gasteiger partial charge in [-0.25, -0.2) is 0 Å². The molecule has 2 aromatic rings. The molecule has 21 heavy (non-hydrogen) atoms. The molecule has 1 N–H and O–H groups in total. The Hall–Kier alpha value is -1.87. The fourth-order valence-corrected chi connectivity index (χ4v) is 3.14. The molecule has 1 aliphatic carbocycles. The van der Waals surface area contributed by atoms with E-state index >= 15 is 0 Å². The van der Waals surface area contributed by atoms with Crippen molar-refractivity contribution in [3.63, 3.8) is 0 Å². The quantitative estimate of drug-likeness (QED) is 0.925. The molecule has 1 aromatic carbocycles. The van der Waals surface area contributed by atoms with Crippen molar-refractivity contribution in [1.82, 2.24) is 10.3 Å². The van der Waals surface area contributed by atoms with Gasteiger partial charge < -0.3 is 10.1 Å². The molecular weight excluding hydrogens is 260 g/mol. The number of rotatable bonds is 4. The van der Waals surface area contributed by atoms with Gasteiger partial charge in [-0.15, -0.1) is 0 Å². The largest absolute Gasteiger partial charge is 0.497 e. The lowest BCUT2D eigenvalue weighted by Crippen LogP contribution is -2.27. The number of nitrogens with one attached hydrogen (secondary N) is 1. The molecule has 3 nitrogen and oxygen atoms in total. The number of aromatic nitrogens is 1. The number of nitrogens with zero attached hydrogens (tertiary/aromatic N) is 1. The summed E-state index contributed by atoms with van der Waals surface area (Å²) in [4.78, 5) is 4.09.